The Morgan fingerprint density at radius 1 is 1.50 bits per heavy atom. The van der Waals surface area contributed by atoms with Crippen LogP contribution in [0.1, 0.15) is 17.6 Å². The molecule has 0 spiro atoms. The molecule has 0 aliphatic rings. The lowest BCUT2D eigenvalue weighted by atomic mass is 10.2. The van der Waals surface area contributed by atoms with Gasteiger partial charge in [0.05, 0.1) is 5.56 Å². The number of halogens is 3. The van der Waals surface area contributed by atoms with E-state index in [-0.39, 0.29) is 5.56 Å². The molecule has 12 heavy (non-hydrogen) atoms. The van der Waals surface area contributed by atoms with E-state index in [0.717, 1.165) is 6.07 Å². The summed E-state index contributed by atoms with van der Waals surface area (Å²) in [6, 6.07) is 0.864. The molecule has 66 valence electrons. The van der Waals surface area contributed by atoms with Gasteiger partial charge < -0.3 is 0 Å². The standard InChI is InChI=1S/C7H6F3NO/c1-3-2-4(8)11-7(12)5(3)6(9)10/h2,6H,1H3,(H,11,12). The number of hydrogen-bond acceptors (Lipinski definition) is 1. The molecule has 0 radical (unpaired) electrons. The molecule has 5 heteroatoms. The van der Waals surface area contributed by atoms with Gasteiger partial charge in [-0.15, -0.1) is 0 Å². The zero-order valence-corrected chi connectivity index (χ0v) is 6.20. The van der Waals surface area contributed by atoms with Crippen LogP contribution in [0.4, 0.5) is 13.2 Å². The predicted molar refractivity (Wildman–Crippen MR) is 36.7 cm³/mol. The van der Waals surface area contributed by atoms with Crippen molar-refractivity contribution < 1.29 is 13.2 Å². The summed E-state index contributed by atoms with van der Waals surface area (Å²) in [6.45, 7) is 1.26. The highest BCUT2D eigenvalue weighted by molar-refractivity contribution is 5.23. The Hall–Kier alpha value is -1.26. The molecule has 0 unspecified atom stereocenters. The maximum absolute atomic E-state index is 12.4. The van der Waals surface area contributed by atoms with Gasteiger partial charge in [-0.05, 0) is 18.6 Å². The summed E-state index contributed by atoms with van der Waals surface area (Å²) < 4.78 is 36.5. The minimum Gasteiger partial charge on any atom is -0.298 e. The second kappa shape index (κ2) is 3.00. The Labute approximate surface area is 66.0 Å². The van der Waals surface area contributed by atoms with Gasteiger partial charge >= 0.3 is 0 Å². The van der Waals surface area contributed by atoms with Gasteiger partial charge in [-0.1, -0.05) is 0 Å². The van der Waals surface area contributed by atoms with E-state index in [9.17, 15) is 18.0 Å². The van der Waals surface area contributed by atoms with Crippen molar-refractivity contribution in [2.24, 2.45) is 0 Å². The Morgan fingerprint density at radius 3 is 2.50 bits per heavy atom. The van der Waals surface area contributed by atoms with E-state index in [0.29, 0.717) is 0 Å². The van der Waals surface area contributed by atoms with Gasteiger partial charge in [0.1, 0.15) is 0 Å². The van der Waals surface area contributed by atoms with Crippen LogP contribution in [0, 0.1) is 12.9 Å². The molecular formula is C7H6F3NO. The van der Waals surface area contributed by atoms with Crippen molar-refractivity contribution in [3.63, 3.8) is 0 Å². The summed E-state index contributed by atoms with van der Waals surface area (Å²) in [5.41, 5.74) is -1.77. The first-order valence-corrected chi connectivity index (χ1v) is 3.20. The smallest absolute Gasteiger partial charge is 0.269 e. The minimum absolute atomic E-state index is 0.0359. The Kier molecular flexibility index (Phi) is 2.21. The number of H-pyrrole nitrogens is 1. The molecule has 0 atom stereocenters. The average molecular weight is 177 g/mol. The van der Waals surface area contributed by atoms with Crippen molar-refractivity contribution in [1.82, 2.24) is 4.98 Å². The Bertz CT molecular complexity index is 345. The molecule has 0 aliphatic carbocycles. The van der Waals surface area contributed by atoms with Gasteiger partial charge in [-0.2, -0.15) is 4.39 Å². The Morgan fingerprint density at radius 2 is 2.08 bits per heavy atom. The first-order valence-electron chi connectivity index (χ1n) is 3.20. The molecule has 0 fully saturated rings. The van der Waals surface area contributed by atoms with Gasteiger partial charge in [-0.25, -0.2) is 8.78 Å². The molecular weight excluding hydrogens is 171 g/mol. The second-order valence-electron chi connectivity index (χ2n) is 2.34. The van der Waals surface area contributed by atoms with Crippen LogP contribution in [-0.2, 0) is 0 Å². The first kappa shape index (κ1) is 8.83. The fourth-order valence-electron chi connectivity index (χ4n) is 0.930. The molecule has 0 saturated carbocycles. The van der Waals surface area contributed by atoms with Crippen LogP contribution >= 0.6 is 0 Å². The second-order valence-corrected chi connectivity index (χ2v) is 2.34. The van der Waals surface area contributed by atoms with Crippen molar-refractivity contribution in [3.8, 4) is 0 Å². The predicted octanol–water partition coefficient (Wildman–Crippen LogP) is 1.76. The number of aromatic amines is 1. The summed E-state index contributed by atoms with van der Waals surface area (Å²) in [7, 11) is 0. The third-order valence-corrected chi connectivity index (χ3v) is 1.46. The van der Waals surface area contributed by atoms with Crippen LogP contribution < -0.4 is 5.56 Å². The van der Waals surface area contributed by atoms with Gasteiger partial charge in [0.25, 0.3) is 12.0 Å². The number of nitrogens with one attached hydrogen (secondary N) is 1. The molecule has 1 aromatic rings. The molecule has 1 rings (SSSR count). The van der Waals surface area contributed by atoms with E-state index in [2.05, 4.69) is 0 Å². The lowest BCUT2D eigenvalue weighted by Gasteiger charge is -2.01. The van der Waals surface area contributed by atoms with Gasteiger partial charge in [0.2, 0.25) is 0 Å². The minimum atomic E-state index is -2.87. The van der Waals surface area contributed by atoms with Crippen LogP contribution in [-0.4, -0.2) is 4.98 Å². The summed E-state index contributed by atoms with van der Waals surface area (Å²) >= 11 is 0. The SMILES string of the molecule is Cc1cc(F)[nH]c(=O)c1C(F)F. The topological polar surface area (TPSA) is 32.9 Å². The summed E-state index contributed by atoms with van der Waals surface area (Å²) in [5, 5.41) is 0. The summed E-state index contributed by atoms with van der Waals surface area (Å²) in [5.74, 6) is -0.901. The van der Waals surface area contributed by atoms with Crippen LogP contribution in [0.5, 0.6) is 0 Å². The highest BCUT2D eigenvalue weighted by atomic mass is 19.3. The molecule has 2 nitrogen and oxygen atoms in total. The Balaban J connectivity index is 3.39. The average Bonchev–Trinajstić information content (AvgIpc) is 1.82. The van der Waals surface area contributed by atoms with Crippen molar-refractivity contribution in [1.29, 1.82) is 0 Å². The maximum atomic E-state index is 12.4. The van der Waals surface area contributed by atoms with E-state index in [1.165, 1.54) is 6.92 Å². The first-order chi connectivity index (χ1) is 5.52. The lowest BCUT2D eigenvalue weighted by molar-refractivity contribution is 0.148. The van der Waals surface area contributed by atoms with Gasteiger partial charge in [0, 0.05) is 0 Å². The van der Waals surface area contributed by atoms with Crippen molar-refractivity contribution in [2.45, 2.75) is 13.3 Å². The fraction of sp³-hybridized carbons (Fsp3) is 0.286. The van der Waals surface area contributed by atoms with E-state index < -0.39 is 23.5 Å². The maximum Gasteiger partial charge on any atom is 0.269 e. The van der Waals surface area contributed by atoms with Gasteiger partial charge in [0.15, 0.2) is 5.95 Å². The lowest BCUT2D eigenvalue weighted by Crippen LogP contribution is -2.16. The quantitative estimate of drug-likeness (QED) is 0.651. The highest BCUT2D eigenvalue weighted by Crippen LogP contribution is 2.17. The number of pyridine rings is 1. The number of aryl methyl sites for hydroxylation is 1. The number of alkyl halides is 2. The summed E-state index contributed by atoms with van der Waals surface area (Å²) in [4.78, 5) is 12.4. The van der Waals surface area contributed by atoms with Crippen LogP contribution in [0.2, 0.25) is 0 Å². The van der Waals surface area contributed by atoms with Gasteiger partial charge in [-0.3, -0.25) is 9.78 Å². The van der Waals surface area contributed by atoms with Crippen molar-refractivity contribution >= 4 is 0 Å². The molecule has 1 aromatic heterocycles. The van der Waals surface area contributed by atoms with Crippen LogP contribution in [0.15, 0.2) is 10.9 Å². The molecule has 0 amide bonds. The molecule has 0 bridgehead atoms. The number of hydrogen-bond donors (Lipinski definition) is 1. The largest absolute Gasteiger partial charge is 0.298 e. The number of aromatic nitrogens is 1. The van der Waals surface area contributed by atoms with Crippen LogP contribution in [0.25, 0.3) is 0 Å². The van der Waals surface area contributed by atoms with E-state index in [1.54, 1.807) is 4.98 Å². The van der Waals surface area contributed by atoms with Crippen molar-refractivity contribution in [3.05, 3.63) is 33.5 Å². The summed E-state index contributed by atoms with van der Waals surface area (Å²) in [6.07, 6.45) is -2.87. The van der Waals surface area contributed by atoms with E-state index >= 15 is 0 Å². The normalized spacial score (nSPS) is 10.8. The van der Waals surface area contributed by atoms with Crippen molar-refractivity contribution in [2.75, 3.05) is 0 Å². The molecule has 1 N–H and O–H groups in total. The zero-order chi connectivity index (χ0) is 9.30. The monoisotopic (exact) mass is 177 g/mol. The van der Waals surface area contributed by atoms with Crippen LogP contribution in [0.3, 0.4) is 0 Å². The fourth-order valence-corrected chi connectivity index (χ4v) is 0.930. The van der Waals surface area contributed by atoms with E-state index in [1.807, 2.05) is 0 Å². The molecule has 0 aromatic carbocycles. The third-order valence-electron chi connectivity index (χ3n) is 1.46. The molecule has 0 saturated heterocycles. The highest BCUT2D eigenvalue weighted by Gasteiger charge is 2.15. The zero-order valence-electron chi connectivity index (χ0n) is 6.20. The third kappa shape index (κ3) is 1.49. The van der Waals surface area contributed by atoms with E-state index in [4.69, 9.17) is 0 Å². The molecule has 1 heterocycles. The molecule has 0 aliphatic heterocycles. The number of rotatable bonds is 1.